The molecule has 0 saturated carbocycles. The Morgan fingerprint density at radius 3 is 0.812 bits per heavy atom. The summed E-state index contributed by atoms with van der Waals surface area (Å²) in [7, 11) is 0. The Bertz CT molecular complexity index is 175. The van der Waals surface area contributed by atoms with Gasteiger partial charge in [0.25, 0.3) is 0 Å². The zero-order valence-electron chi connectivity index (χ0n) is 10.2. The molecule has 3 heterocycles. The fourth-order valence-corrected chi connectivity index (χ4v) is 17.1. The summed E-state index contributed by atoms with van der Waals surface area (Å²) < 4.78 is 0. The Morgan fingerprint density at radius 2 is 0.625 bits per heavy atom. The van der Waals surface area contributed by atoms with Crippen LogP contribution in [0.1, 0.15) is 38.5 Å². The van der Waals surface area contributed by atoms with Crippen LogP contribution in [-0.4, -0.2) is 11.1 Å². The van der Waals surface area contributed by atoms with E-state index in [1.807, 2.05) is 0 Å². The van der Waals surface area contributed by atoms with Crippen LogP contribution in [0.25, 0.3) is 0 Å². The SMILES string of the molecule is I[Si]12CCCC[Si](I)(CCCC1)CCCC2. The summed E-state index contributed by atoms with van der Waals surface area (Å²) in [5.74, 6) is 0. The lowest BCUT2D eigenvalue weighted by molar-refractivity contribution is 0.753. The molecule has 0 aliphatic carbocycles. The average Bonchev–Trinajstić information content (AvgIpc) is 2.27. The number of hydrogen-bond donors (Lipinski definition) is 0. The third-order valence-corrected chi connectivity index (χ3v) is 21.7. The highest BCUT2D eigenvalue weighted by molar-refractivity contribution is 14.1. The van der Waals surface area contributed by atoms with Gasteiger partial charge in [-0.2, -0.15) is 0 Å². The number of fused-ring (bicyclic) bond motifs is 9. The summed E-state index contributed by atoms with van der Waals surface area (Å²) >= 11 is 5.91. The van der Waals surface area contributed by atoms with Crippen molar-refractivity contribution in [3.63, 3.8) is 0 Å². The summed E-state index contributed by atoms with van der Waals surface area (Å²) in [6, 6.07) is 9.89. The highest BCUT2D eigenvalue weighted by Crippen LogP contribution is 2.42. The Kier molecular flexibility index (Phi) is 5.69. The van der Waals surface area contributed by atoms with Gasteiger partial charge in [0.1, 0.15) is 11.1 Å². The standard InChI is InChI=1S/C12H24I2Si2/c13-15-7-1-2-8-16(14,11-5-3-9-15)12-6-4-10-15/h1-12H2. The molecule has 0 N–H and O–H groups in total. The monoisotopic (exact) mass is 478 g/mol. The Morgan fingerprint density at radius 1 is 0.438 bits per heavy atom. The minimum absolute atomic E-state index is 0.811. The van der Waals surface area contributed by atoms with Crippen molar-refractivity contribution >= 4 is 54.7 Å². The molecule has 0 aromatic carbocycles. The van der Waals surface area contributed by atoms with Crippen LogP contribution in [0.3, 0.4) is 0 Å². The van der Waals surface area contributed by atoms with E-state index >= 15 is 0 Å². The van der Waals surface area contributed by atoms with Crippen molar-refractivity contribution in [3.05, 3.63) is 0 Å². The van der Waals surface area contributed by atoms with E-state index in [9.17, 15) is 0 Å². The number of halogens is 2. The summed E-state index contributed by atoms with van der Waals surface area (Å²) in [6.07, 6.45) is 9.46. The second-order valence-electron chi connectivity index (χ2n) is 5.92. The zero-order chi connectivity index (χ0) is 11.5. The number of hydrogen-bond acceptors (Lipinski definition) is 0. The molecule has 0 aromatic rings. The molecule has 2 bridgehead atoms. The van der Waals surface area contributed by atoms with Gasteiger partial charge in [-0.15, -0.1) is 43.6 Å². The molecule has 0 radical (unpaired) electrons. The van der Waals surface area contributed by atoms with E-state index in [4.69, 9.17) is 0 Å². The third-order valence-electron chi connectivity index (χ3n) is 4.50. The zero-order valence-corrected chi connectivity index (χ0v) is 16.6. The van der Waals surface area contributed by atoms with Crippen molar-refractivity contribution in [1.29, 1.82) is 0 Å². The van der Waals surface area contributed by atoms with Crippen molar-refractivity contribution in [2.45, 2.75) is 74.8 Å². The lowest BCUT2D eigenvalue weighted by Crippen LogP contribution is -2.32. The first-order valence-electron chi connectivity index (χ1n) is 7.00. The maximum atomic E-state index is 2.95. The molecule has 0 aromatic heterocycles. The first-order valence-corrected chi connectivity index (χ1v) is 18.5. The lowest BCUT2D eigenvalue weighted by atomic mass is 10.3. The van der Waals surface area contributed by atoms with Gasteiger partial charge >= 0.3 is 0 Å². The number of rotatable bonds is 0. The van der Waals surface area contributed by atoms with Crippen molar-refractivity contribution in [2.24, 2.45) is 0 Å². The summed E-state index contributed by atoms with van der Waals surface area (Å²) in [5.41, 5.74) is -1.62. The molecular weight excluding hydrogens is 454 g/mol. The first kappa shape index (κ1) is 14.3. The van der Waals surface area contributed by atoms with Gasteiger partial charge in [-0.05, 0) is 36.3 Å². The Labute approximate surface area is 128 Å². The van der Waals surface area contributed by atoms with E-state index in [2.05, 4.69) is 43.6 Å². The molecule has 0 nitrogen and oxygen atoms in total. The van der Waals surface area contributed by atoms with E-state index < -0.39 is 11.1 Å². The molecule has 3 aliphatic rings. The summed E-state index contributed by atoms with van der Waals surface area (Å²) in [6.45, 7) is 0. The molecule has 3 saturated heterocycles. The van der Waals surface area contributed by atoms with Crippen molar-refractivity contribution in [2.75, 3.05) is 0 Å². The van der Waals surface area contributed by atoms with Gasteiger partial charge in [0, 0.05) is 0 Å². The van der Waals surface area contributed by atoms with Crippen LogP contribution in [0.5, 0.6) is 0 Å². The molecule has 16 heavy (non-hydrogen) atoms. The Balaban J connectivity index is 2.08. The van der Waals surface area contributed by atoms with E-state index in [0.717, 1.165) is 0 Å². The maximum absolute atomic E-state index is 2.95. The van der Waals surface area contributed by atoms with Gasteiger partial charge < -0.3 is 0 Å². The van der Waals surface area contributed by atoms with E-state index in [1.165, 1.54) is 0 Å². The maximum Gasteiger partial charge on any atom is 0.125 e. The van der Waals surface area contributed by atoms with Crippen molar-refractivity contribution < 1.29 is 0 Å². The van der Waals surface area contributed by atoms with E-state index in [0.29, 0.717) is 0 Å². The molecule has 3 fully saturated rings. The molecule has 0 spiro atoms. The Hall–Kier alpha value is 1.89. The second kappa shape index (κ2) is 6.36. The minimum atomic E-state index is -0.811. The molecular formula is C12H24I2Si2. The van der Waals surface area contributed by atoms with Crippen molar-refractivity contribution in [3.8, 4) is 0 Å². The van der Waals surface area contributed by atoms with Crippen LogP contribution in [-0.2, 0) is 0 Å². The molecule has 0 amide bonds. The second-order valence-corrected chi connectivity index (χ2v) is 27.3. The normalized spacial score (nSPS) is 42.4. The molecule has 4 heteroatoms. The first-order chi connectivity index (χ1) is 7.62. The van der Waals surface area contributed by atoms with Gasteiger partial charge in [-0.1, -0.05) is 38.5 Å². The molecule has 94 valence electrons. The minimum Gasteiger partial charge on any atom is -0.119 e. The van der Waals surface area contributed by atoms with Crippen LogP contribution < -0.4 is 0 Å². The van der Waals surface area contributed by atoms with Gasteiger partial charge in [0.15, 0.2) is 0 Å². The van der Waals surface area contributed by atoms with Gasteiger partial charge in [0.05, 0.1) is 0 Å². The predicted molar refractivity (Wildman–Crippen MR) is 96.1 cm³/mol. The van der Waals surface area contributed by atoms with Crippen LogP contribution in [0, 0.1) is 0 Å². The van der Waals surface area contributed by atoms with Crippen molar-refractivity contribution in [1.82, 2.24) is 0 Å². The highest BCUT2D eigenvalue weighted by Gasteiger charge is 2.35. The van der Waals surface area contributed by atoms with Crippen LogP contribution in [0.15, 0.2) is 0 Å². The lowest BCUT2D eigenvalue weighted by Gasteiger charge is -2.33. The molecule has 3 aliphatic heterocycles. The molecule has 3 rings (SSSR count). The van der Waals surface area contributed by atoms with Gasteiger partial charge in [0.2, 0.25) is 0 Å². The average molecular weight is 478 g/mol. The summed E-state index contributed by atoms with van der Waals surface area (Å²) in [5, 5.41) is 0. The summed E-state index contributed by atoms with van der Waals surface area (Å²) in [4.78, 5) is 0. The van der Waals surface area contributed by atoms with E-state index in [1.54, 1.807) is 74.8 Å². The quantitative estimate of drug-likeness (QED) is 0.224. The van der Waals surface area contributed by atoms with E-state index in [-0.39, 0.29) is 0 Å². The molecule has 0 atom stereocenters. The highest BCUT2D eigenvalue weighted by atomic mass is 127. The fraction of sp³-hybridized carbons (Fsp3) is 1.00. The third kappa shape index (κ3) is 4.22. The fourth-order valence-electron chi connectivity index (χ4n) is 3.40. The van der Waals surface area contributed by atoms with Gasteiger partial charge in [-0.25, -0.2) is 0 Å². The largest absolute Gasteiger partial charge is 0.125 e. The molecule has 0 unspecified atom stereocenters. The van der Waals surface area contributed by atoms with Gasteiger partial charge in [-0.3, -0.25) is 0 Å². The predicted octanol–water partition coefficient (Wildman–Crippen LogP) is 6.12. The van der Waals surface area contributed by atoms with Crippen LogP contribution in [0.2, 0.25) is 36.3 Å². The van der Waals surface area contributed by atoms with Crippen LogP contribution >= 0.6 is 43.6 Å². The smallest absolute Gasteiger partial charge is 0.119 e. The topological polar surface area (TPSA) is 0 Å². The van der Waals surface area contributed by atoms with Crippen LogP contribution in [0.4, 0.5) is 0 Å².